The molecule has 0 aromatic rings. The molecule has 12 heavy (non-hydrogen) atoms. The normalized spacial score (nSPS) is 24.8. The molecule has 1 atom stereocenters. The summed E-state index contributed by atoms with van der Waals surface area (Å²) in [6.07, 6.45) is 5.50. The van der Waals surface area contributed by atoms with Crippen molar-refractivity contribution in [3.63, 3.8) is 0 Å². The Bertz CT molecular complexity index is 134. The molecule has 1 saturated carbocycles. The van der Waals surface area contributed by atoms with Crippen molar-refractivity contribution in [3.8, 4) is 0 Å². The summed E-state index contributed by atoms with van der Waals surface area (Å²) in [4.78, 5) is 0. The van der Waals surface area contributed by atoms with Crippen LogP contribution in [-0.4, -0.2) is 5.88 Å². The van der Waals surface area contributed by atoms with Gasteiger partial charge in [0.05, 0.1) is 0 Å². The molecule has 1 rings (SSSR count). The molecule has 0 amide bonds. The second kappa shape index (κ2) is 4.00. The van der Waals surface area contributed by atoms with Gasteiger partial charge >= 0.3 is 0 Å². The van der Waals surface area contributed by atoms with Crippen molar-refractivity contribution < 1.29 is 0 Å². The molecular weight excluding hydrogens is 168 g/mol. The van der Waals surface area contributed by atoms with Gasteiger partial charge in [-0.2, -0.15) is 0 Å². The van der Waals surface area contributed by atoms with Crippen molar-refractivity contribution in [2.75, 3.05) is 5.88 Å². The lowest BCUT2D eigenvalue weighted by Crippen LogP contribution is -2.30. The minimum Gasteiger partial charge on any atom is -0.126 e. The maximum absolute atomic E-state index is 6.10. The highest BCUT2D eigenvalue weighted by atomic mass is 35.5. The highest BCUT2D eigenvalue weighted by Crippen LogP contribution is 2.47. The Labute approximate surface area is 81.7 Å². The van der Waals surface area contributed by atoms with Crippen molar-refractivity contribution in [3.05, 3.63) is 0 Å². The zero-order valence-corrected chi connectivity index (χ0v) is 9.32. The first kappa shape index (κ1) is 10.4. The average molecular weight is 189 g/mol. The molecule has 1 aliphatic carbocycles. The van der Waals surface area contributed by atoms with E-state index in [2.05, 4.69) is 20.8 Å². The monoisotopic (exact) mass is 188 g/mol. The van der Waals surface area contributed by atoms with Crippen LogP contribution in [0, 0.1) is 17.3 Å². The molecule has 1 unspecified atom stereocenters. The van der Waals surface area contributed by atoms with E-state index >= 15 is 0 Å². The first-order chi connectivity index (χ1) is 5.62. The Balaban J connectivity index is 2.65. The van der Waals surface area contributed by atoms with Crippen molar-refractivity contribution >= 4 is 11.6 Å². The standard InChI is InChI=1S/C11H21Cl/c1-9(2)10(3)11(8-12)6-4-5-7-11/h9-10H,4-8H2,1-3H3. The van der Waals surface area contributed by atoms with Crippen LogP contribution in [0.2, 0.25) is 0 Å². The summed E-state index contributed by atoms with van der Waals surface area (Å²) in [5.74, 6) is 2.44. The molecule has 0 bridgehead atoms. The van der Waals surface area contributed by atoms with Gasteiger partial charge in [0.2, 0.25) is 0 Å². The van der Waals surface area contributed by atoms with Gasteiger partial charge in [-0.05, 0) is 30.1 Å². The van der Waals surface area contributed by atoms with E-state index in [0.717, 1.165) is 17.7 Å². The first-order valence-electron chi connectivity index (χ1n) is 5.18. The predicted octanol–water partition coefficient (Wildman–Crippen LogP) is 4.08. The van der Waals surface area contributed by atoms with Gasteiger partial charge in [-0.15, -0.1) is 11.6 Å². The van der Waals surface area contributed by atoms with E-state index in [-0.39, 0.29) is 0 Å². The van der Waals surface area contributed by atoms with Crippen molar-refractivity contribution in [2.45, 2.75) is 46.5 Å². The summed E-state index contributed by atoms with van der Waals surface area (Å²) in [7, 11) is 0. The van der Waals surface area contributed by atoms with Crippen LogP contribution >= 0.6 is 11.6 Å². The zero-order chi connectivity index (χ0) is 9.19. The van der Waals surface area contributed by atoms with Crippen LogP contribution in [0.15, 0.2) is 0 Å². The van der Waals surface area contributed by atoms with E-state index in [1.807, 2.05) is 0 Å². The molecule has 0 radical (unpaired) electrons. The van der Waals surface area contributed by atoms with Gasteiger partial charge in [0.15, 0.2) is 0 Å². The van der Waals surface area contributed by atoms with Crippen molar-refractivity contribution in [1.29, 1.82) is 0 Å². The topological polar surface area (TPSA) is 0 Å². The van der Waals surface area contributed by atoms with Crippen LogP contribution in [0.3, 0.4) is 0 Å². The molecule has 1 aliphatic rings. The Hall–Kier alpha value is 0.290. The van der Waals surface area contributed by atoms with Gasteiger partial charge in [-0.1, -0.05) is 33.6 Å². The number of hydrogen-bond donors (Lipinski definition) is 0. The Morgan fingerprint density at radius 3 is 2.00 bits per heavy atom. The lowest BCUT2D eigenvalue weighted by molar-refractivity contribution is 0.163. The molecule has 0 nitrogen and oxygen atoms in total. The van der Waals surface area contributed by atoms with Gasteiger partial charge in [0, 0.05) is 5.88 Å². The number of halogens is 1. The van der Waals surface area contributed by atoms with E-state index in [1.54, 1.807) is 0 Å². The highest BCUT2D eigenvalue weighted by molar-refractivity contribution is 6.18. The number of rotatable bonds is 3. The number of hydrogen-bond acceptors (Lipinski definition) is 0. The first-order valence-corrected chi connectivity index (χ1v) is 5.72. The van der Waals surface area contributed by atoms with Gasteiger partial charge < -0.3 is 0 Å². The summed E-state index contributed by atoms with van der Waals surface area (Å²) in [6, 6.07) is 0. The van der Waals surface area contributed by atoms with Crippen LogP contribution in [0.4, 0.5) is 0 Å². The van der Waals surface area contributed by atoms with Crippen LogP contribution in [0.5, 0.6) is 0 Å². The minimum absolute atomic E-state index is 0.482. The minimum atomic E-state index is 0.482. The predicted molar refractivity (Wildman–Crippen MR) is 55.6 cm³/mol. The molecule has 0 N–H and O–H groups in total. The average Bonchev–Trinajstić information content (AvgIpc) is 2.52. The molecule has 72 valence electrons. The molecule has 0 aliphatic heterocycles. The Morgan fingerprint density at radius 2 is 1.67 bits per heavy atom. The maximum Gasteiger partial charge on any atom is 0.0282 e. The van der Waals surface area contributed by atoms with E-state index in [4.69, 9.17) is 11.6 Å². The third-order valence-electron chi connectivity index (χ3n) is 3.83. The van der Waals surface area contributed by atoms with Gasteiger partial charge in [-0.3, -0.25) is 0 Å². The molecular formula is C11H21Cl. The fourth-order valence-electron chi connectivity index (χ4n) is 2.50. The summed E-state index contributed by atoms with van der Waals surface area (Å²) in [5, 5.41) is 0. The van der Waals surface area contributed by atoms with Crippen LogP contribution < -0.4 is 0 Å². The zero-order valence-electron chi connectivity index (χ0n) is 8.57. The van der Waals surface area contributed by atoms with Crippen molar-refractivity contribution in [2.24, 2.45) is 17.3 Å². The van der Waals surface area contributed by atoms with E-state index in [1.165, 1.54) is 25.7 Å². The van der Waals surface area contributed by atoms with Gasteiger partial charge in [-0.25, -0.2) is 0 Å². The summed E-state index contributed by atoms with van der Waals surface area (Å²) >= 11 is 6.10. The van der Waals surface area contributed by atoms with Gasteiger partial charge in [0.25, 0.3) is 0 Å². The molecule has 1 heteroatoms. The van der Waals surface area contributed by atoms with E-state index in [0.29, 0.717) is 5.41 Å². The van der Waals surface area contributed by atoms with Crippen LogP contribution in [0.1, 0.15) is 46.5 Å². The van der Waals surface area contributed by atoms with Gasteiger partial charge in [0.1, 0.15) is 0 Å². The van der Waals surface area contributed by atoms with Crippen LogP contribution in [0.25, 0.3) is 0 Å². The van der Waals surface area contributed by atoms with E-state index < -0.39 is 0 Å². The van der Waals surface area contributed by atoms with Crippen molar-refractivity contribution in [1.82, 2.24) is 0 Å². The van der Waals surface area contributed by atoms with Crippen LogP contribution in [-0.2, 0) is 0 Å². The summed E-state index contributed by atoms with van der Waals surface area (Å²) in [6.45, 7) is 7.01. The fourth-order valence-corrected chi connectivity index (χ4v) is 3.01. The lowest BCUT2D eigenvalue weighted by atomic mass is 9.71. The maximum atomic E-state index is 6.10. The highest BCUT2D eigenvalue weighted by Gasteiger charge is 2.39. The molecule has 0 aromatic carbocycles. The molecule has 0 heterocycles. The number of alkyl halides is 1. The molecule has 0 aromatic heterocycles. The van der Waals surface area contributed by atoms with E-state index in [9.17, 15) is 0 Å². The third-order valence-corrected chi connectivity index (χ3v) is 4.36. The second-order valence-electron chi connectivity index (χ2n) is 4.74. The largest absolute Gasteiger partial charge is 0.126 e. The Morgan fingerprint density at radius 1 is 1.17 bits per heavy atom. The summed E-state index contributed by atoms with van der Waals surface area (Å²) in [5.41, 5.74) is 0.482. The Kier molecular flexibility index (Phi) is 3.46. The smallest absolute Gasteiger partial charge is 0.0282 e. The fraction of sp³-hybridized carbons (Fsp3) is 1.00. The summed E-state index contributed by atoms with van der Waals surface area (Å²) < 4.78 is 0. The molecule has 0 saturated heterocycles. The molecule has 1 fully saturated rings. The lowest BCUT2D eigenvalue weighted by Gasteiger charge is -2.36. The quantitative estimate of drug-likeness (QED) is 0.586. The SMILES string of the molecule is CC(C)C(C)C1(CCl)CCCC1. The molecule has 0 spiro atoms. The third kappa shape index (κ3) is 1.79. The second-order valence-corrected chi connectivity index (χ2v) is 5.00.